The minimum Gasteiger partial charge on any atom is -0.384 e. The fourth-order valence-electron chi connectivity index (χ4n) is 4.61. The first-order valence-corrected chi connectivity index (χ1v) is 11.8. The molecule has 36 heavy (non-hydrogen) atoms. The van der Waals surface area contributed by atoms with E-state index < -0.39 is 0 Å². The van der Waals surface area contributed by atoms with Crippen LogP contribution in [-0.4, -0.2) is 57.5 Å². The van der Waals surface area contributed by atoms with Crippen LogP contribution >= 0.6 is 0 Å². The molecule has 0 aliphatic rings. The average Bonchev–Trinajstić information content (AvgIpc) is 3.62. The first-order chi connectivity index (χ1) is 17.5. The van der Waals surface area contributed by atoms with Crippen molar-refractivity contribution >= 4 is 27.5 Å². The number of likely N-dealkylation sites (N-methyl/N-ethyl adjacent to an activating group) is 1. The Bertz CT molecular complexity index is 1660. The molecule has 0 aliphatic carbocycles. The number of rotatable bonds is 7. The lowest BCUT2D eigenvalue weighted by Crippen LogP contribution is -2.20. The van der Waals surface area contributed by atoms with E-state index in [1.807, 2.05) is 56.7 Å². The highest BCUT2D eigenvalue weighted by Crippen LogP contribution is 2.36. The third-order valence-electron chi connectivity index (χ3n) is 6.41. The molecule has 0 bridgehead atoms. The van der Waals surface area contributed by atoms with Crippen molar-refractivity contribution in [2.24, 2.45) is 0 Å². The van der Waals surface area contributed by atoms with Gasteiger partial charge < -0.3 is 15.2 Å². The van der Waals surface area contributed by atoms with Crippen LogP contribution in [0.25, 0.3) is 55.4 Å². The second-order valence-corrected chi connectivity index (χ2v) is 9.23. The van der Waals surface area contributed by atoms with Crippen molar-refractivity contribution in [1.82, 2.24) is 30.3 Å². The number of hydrogen-bond donors (Lipinski definition) is 4. The molecule has 0 amide bonds. The van der Waals surface area contributed by atoms with Crippen molar-refractivity contribution in [1.29, 1.82) is 0 Å². The number of nitrogens with zero attached hydrogens (tertiary/aromatic N) is 3. The fraction of sp³-hybridized carbons (Fsp3) is 0.143. The third kappa shape index (κ3) is 4.12. The molecular weight excluding hydrogens is 453 g/mol. The Morgan fingerprint density at radius 3 is 2.67 bits per heavy atom. The topological polar surface area (TPSA) is 88.4 Å². The van der Waals surface area contributed by atoms with Crippen LogP contribution in [0.4, 0.5) is 10.1 Å². The van der Waals surface area contributed by atoms with Gasteiger partial charge in [-0.2, -0.15) is 10.2 Å². The SMILES string of the molecule is CN(C)CCNc1cc(F)cc(-c2cccc3[nH]c(-c4n[nH]c5ccc(-c6cn[nH]c6)cc45)cc23)c1. The smallest absolute Gasteiger partial charge is 0.125 e. The largest absolute Gasteiger partial charge is 0.384 e. The minimum atomic E-state index is -0.266. The fourth-order valence-corrected chi connectivity index (χ4v) is 4.61. The normalized spacial score (nSPS) is 11.7. The van der Waals surface area contributed by atoms with Crippen LogP contribution in [0.3, 0.4) is 0 Å². The predicted octanol–water partition coefficient (Wildman–Crippen LogP) is 5.88. The molecule has 7 nitrogen and oxygen atoms in total. The number of benzene rings is 3. The van der Waals surface area contributed by atoms with Crippen molar-refractivity contribution in [3.8, 4) is 33.6 Å². The lowest BCUT2D eigenvalue weighted by Gasteiger charge is -2.13. The summed E-state index contributed by atoms with van der Waals surface area (Å²) in [4.78, 5) is 5.60. The van der Waals surface area contributed by atoms with Crippen LogP contribution in [0, 0.1) is 5.82 Å². The number of hydrogen-bond acceptors (Lipinski definition) is 4. The molecule has 3 heterocycles. The Hall–Kier alpha value is -4.43. The van der Waals surface area contributed by atoms with Gasteiger partial charge in [0, 0.05) is 46.8 Å². The van der Waals surface area contributed by atoms with E-state index >= 15 is 0 Å². The molecule has 0 unspecified atom stereocenters. The van der Waals surface area contributed by atoms with Crippen molar-refractivity contribution in [3.63, 3.8) is 0 Å². The maximum absolute atomic E-state index is 14.6. The van der Waals surface area contributed by atoms with Gasteiger partial charge in [0.15, 0.2) is 0 Å². The molecule has 0 atom stereocenters. The molecule has 0 saturated heterocycles. The van der Waals surface area contributed by atoms with Gasteiger partial charge >= 0.3 is 0 Å². The molecule has 0 fully saturated rings. The van der Waals surface area contributed by atoms with Gasteiger partial charge in [-0.05, 0) is 73.3 Å². The Kier molecular flexibility index (Phi) is 5.50. The summed E-state index contributed by atoms with van der Waals surface area (Å²) in [6.45, 7) is 1.60. The van der Waals surface area contributed by atoms with E-state index in [1.54, 1.807) is 12.3 Å². The van der Waals surface area contributed by atoms with E-state index in [-0.39, 0.29) is 5.82 Å². The highest BCUT2D eigenvalue weighted by molar-refractivity contribution is 6.02. The number of nitrogens with one attached hydrogen (secondary N) is 4. The lowest BCUT2D eigenvalue weighted by molar-refractivity contribution is 0.425. The Morgan fingerprint density at radius 2 is 1.83 bits per heavy atom. The minimum absolute atomic E-state index is 0.266. The van der Waals surface area contributed by atoms with E-state index in [1.165, 1.54) is 6.07 Å². The van der Waals surface area contributed by atoms with Crippen molar-refractivity contribution in [2.45, 2.75) is 0 Å². The number of aromatic amines is 3. The Morgan fingerprint density at radius 1 is 0.917 bits per heavy atom. The van der Waals surface area contributed by atoms with Crippen LogP contribution in [0.5, 0.6) is 0 Å². The molecule has 3 aromatic carbocycles. The predicted molar refractivity (Wildman–Crippen MR) is 143 cm³/mol. The van der Waals surface area contributed by atoms with Gasteiger partial charge in [-0.1, -0.05) is 18.2 Å². The summed E-state index contributed by atoms with van der Waals surface area (Å²) in [7, 11) is 4.04. The van der Waals surface area contributed by atoms with Crippen LogP contribution in [0.2, 0.25) is 0 Å². The molecule has 0 aliphatic heterocycles. The molecule has 6 aromatic rings. The summed E-state index contributed by atoms with van der Waals surface area (Å²) in [5.41, 5.74) is 8.29. The number of anilines is 1. The number of halogens is 1. The van der Waals surface area contributed by atoms with Crippen LogP contribution in [-0.2, 0) is 0 Å². The second kappa shape index (κ2) is 8.98. The van der Waals surface area contributed by atoms with Crippen LogP contribution < -0.4 is 5.32 Å². The van der Waals surface area contributed by atoms with E-state index in [2.05, 4.69) is 47.7 Å². The zero-order valence-electron chi connectivity index (χ0n) is 20.1. The molecule has 0 radical (unpaired) electrons. The summed E-state index contributed by atoms with van der Waals surface area (Å²) in [6, 6.07) is 19.4. The van der Waals surface area contributed by atoms with Gasteiger partial charge in [0.1, 0.15) is 11.5 Å². The van der Waals surface area contributed by atoms with E-state index in [0.717, 1.165) is 74.2 Å². The van der Waals surface area contributed by atoms with Gasteiger partial charge in [0.25, 0.3) is 0 Å². The molecular formula is C28H26FN7. The van der Waals surface area contributed by atoms with Crippen LogP contribution in [0.1, 0.15) is 0 Å². The monoisotopic (exact) mass is 479 g/mol. The summed E-state index contributed by atoms with van der Waals surface area (Å²) in [5.74, 6) is -0.266. The standard InChI is InChI=1S/C28H26FN7/c1-36(2)9-8-30-21-11-18(10-20(29)13-21)22-4-3-5-25-23(22)14-27(33-25)28-24-12-17(19-15-31-32-16-19)6-7-26(24)34-35-28/h3-7,10-16,30,33H,8-9H2,1-2H3,(H,31,32)(H,34,35). The molecule has 4 N–H and O–H groups in total. The average molecular weight is 480 g/mol. The Labute approximate surface area is 207 Å². The lowest BCUT2D eigenvalue weighted by atomic mass is 10.0. The highest BCUT2D eigenvalue weighted by Gasteiger charge is 2.15. The zero-order valence-corrected chi connectivity index (χ0v) is 20.1. The summed E-state index contributed by atoms with van der Waals surface area (Å²) in [6.07, 6.45) is 3.68. The molecule has 180 valence electrons. The van der Waals surface area contributed by atoms with Crippen LogP contribution in [0.15, 0.2) is 73.1 Å². The van der Waals surface area contributed by atoms with Gasteiger partial charge in [0.05, 0.1) is 17.4 Å². The number of aromatic nitrogens is 5. The molecule has 3 aromatic heterocycles. The van der Waals surface area contributed by atoms with Gasteiger partial charge in [-0.25, -0.2) is 4.39 Å². The van der Waals surface area contributed by atoms with Crippen molar-refractivity contribution in [3.05, 3.63) is 78.9 Å². The molecule has 0 spiro atoms. The second-order valence-electron chi connectivity index (χ2n) is 9.23. The number of fused-ring (bicyclic) bond motifs is 2. The maximum Gasteiger partial charge on any atom is 0.125 e. The van der Waals surface area contributed by atoms with Gasteiger partial charge in [-0.15, -0.1) is 0 Å². The number of H-pyrrole nitrogens is 3. The first kappa shape index (κ1) is 22.1. The van der Waals surface area contributed by atoms with Gasteiger partial charge in [-0.3, -0.25) is 10.2 Å². The summed E-state index contributed by atoms with van der Waals surface area (Å²) >= 11 is 0. The molecule has 6 rings (SSSR count). The zero-order chi connectivity index (χ0) is 24.6. The molecule has 0 saturated carbocycles. The maximum atomic E-state index is 14.6. The quantitative estimate of drug-likeness (QED) is 0.230. The highest BCUT2D eigenvalue weighted by atomic mass is 19.1. The summed E-state index contributed by atoms with van der Waals surface area (Å²) in [5, 5.41) is 20.0. The Balaban J connectivity index is 1.41. The van der Waals surface area contributed by atoms with E-state index in [4.69, 9.17) is 0 Å². The van der Waals surface area contributed by atoms with Crippen molar-refractivity contribution < 1.29 is 4.39 Å². The molecule has 8 heteroatoms. The third-order valence-corrected chi connectivity index (χ3v) is 6.41. The van der Waals surface area contributed by atoms with E-state index in [9.17, 15) is 4.39 Å². The first-order valence-electron chi connectivity index (χ1n) is 11.8. The van der Waals surface area contributed by atoms with Crippen molar-refractivity contribution in [2.75, 3.05) is 32.5 Å². The van der Waals surface area contributed by atoms with Gasteiger partial charge in [0.2, 0.25) is 0 Å². The van der Waals surface area contributed by atoms with E-state index in [0.29, 0.717) is 0 Å². The summed E-state index contributed by atoms with van der Waals surface area (Å²) < 4.78 is 14.6.